The van der Waals surface area contributed by atoms with Crippen LogP contribution in [0, 0.1) is 0 Å². The Morgan fingerprint density at radius 3 is 2.76 bits per heavy atom. The zero-order chi connectivity index (χ0) is 15.2. The first-order valence-corrected chi connectivity index (χ1v) is 8.30. The second-order valence-corrected chi connectivity index (χ2v) is 5.66. The molecule has 1 N–H and O–H groups in total. The Kier molecular flexibility index (Phi) is 5.65. The van der Waals surface area contributed by atoms with Crippen LogP contribution in [0.25, 0.3) is 0 Å². The van der Waals surface area contributed by atoms with Crippen LogP contribution in [0.2, 0.25) is 0 Å². The molecule has 0 saturated heterocycles. The Morgan fingerprint density at radius 2 is 2.10 bits per heavy atom. The first-order chi connectivity index (χ1) is 10.2. The van der Waals surface area contributed by atoms with Crippen molar-refractivity contribution in [3.05, 3.63) is 45.6 Å². The number of halogens is 1. The number of thiophene rings is 1. The normalized spacial score (nSPS) is 10.4. The first kappa shape index (κ1) is 15.9. The van der Waals surface area contributed by atoms with Gasteiger partial charge < -0.3 is 10.1 Å². The number of carbonyl (C=O) groups excluding carboxylic acids is 1. The van der Waals surface area contributed by atoms with Gasteiger partial charge in [0.05, 0.1) is 17.4 Å². The minimum atomic E-state index is -0.0773. The van der Waals surface area contributed by atoms with Gasteiger partial charge in [-0.2, -0.15) is 0 Å². The van der Waals surface area contributed by atoms with Gasteiger partial charge in [0.25, 0.3) is 5.91 Å². The van der Waals surface area contributed by atoms with E-state index in [-0.39, 0.29) is 5.91 Å². The Morgan fingerprint density at radius 1 is 1.29 bits per heavy atom. The number of amides is 1. The SMILES string of the molecule is CCOc1ccc(NC(=O)c2sccc2CC)cc1CCl. The summed E-state index contributed by atoms with van der Waals surface area (Å²) in [5.41, 5.74) is 2.67. The summed E-state index contributed by atoms with van der Waals surface area (Å²) in [4.78, 5) is 13.1. The lowest BCUT2D eigenvalue weighted by Crippen LogP contribution is -2.12. The molecule has 0 atom stereocenters. The molecule has 1 aromatic heterocycles. The van der Waals surface area contributed by atoms with Crippen molar-refractivity contribution in [1.82, 2.24) is 0 Å². The highest BCUT2D eigenvalue weighted by molar-refractivity contribution is 7.12. The summed E-state index contributed by atoms with van der Waals surface area (Å²) in [6.07, 6.45) is 0.850. The monoisotopic (exact) mass is 323 g/mol. The summed E-state index contributed by atoms with van der Waals surface area (Å²) in [5, 5.41) is 4.86. The number of hydrogen-bond acceptors (Lipinski definition) is 3. The molecule has 2 rings (SSSR count). The largest absolute Gasteiger partial charge is 0.494 e. The van der Waals surface area contributed by atoms with Crippen LogP contribution in [0.3, 0.4) is 0 Å². The standard InChI is InChI=1S/C16H18ClNO2S/c1-3-11-7-8-21-15(11)16(19)18-13-5-6-14(20-4-2)12(9-13)10-17/h5-9H,3-4,10H2,1-2H3,(H,18,19). The summed E-state index contributed by atoms with van der Waals surface area (Å²) in [6, 6.07) is 7.52. The topological polar surface area (TPSA) is 38.3 Å². The highest BCUT2D eigenvalue weighted by atomic mass is 35.5. The van der Waals surface area contributed by atoms with E-state index in [1.807, 2.05) is 43.5 Å². The summed E-state index contributed by atoms with van der Waals surface area (Å²) in [5.74, 6) is 1.03. The molecule has 0 radical (unpaired) electrons. The fraction of sp³-hybridized carbons (Fsp3) is 0.312. The number of ether oxygens (including phenoxy) is 1. The number of nitrogens with one attached hydrogen (secondary N) is 1. The van der Waals surface area contributed by atoms with Crippen molar-refractivity contribution in [3.8, 4) is 5.75 Å². The molecular weight excluding hydrogens is 306 g/mol. The maximum atomic E-state index is 12.3. The predicted molar refractivity (Wildman–Crippen MR) is 88.8 cm³/mol. The van der Waals surface area contributed by atoms with Gasteiger partial charge >= 0.3 is 0 Å². The molecule has 3 nitrogen and oxygen atoms in total. The van der Waals surface area contributed by atoms with Gasteiger partial charge in [0.1, 0.15) is 5.75 Å². The molecule has 0 fully saturated rings. The van der Waals surface area contributed by atoms with Crippen LogP contribution >= 0.6 is 22.9 Å². The summed E-state index contributed by atoms with van der Waals surface area (Å²) in [7, 11) is 0. The number of anilines is 1. The molecule has 0 aliphatic heterocycles. The van der Waals surface area contributed by atoms with Crippen LogP contribution in [-0.2, 0) is 12.3 Å². The molecule has 1 aromatic carbocycles. The van der Waals surface area contributed by atoms with E-state index in [1.54, 1.807) is 0 Å². The molecule has 112 valence electrons. The van der Waals surface area contributed by atoms with E-state index in [0.29, 0.717) is 12.5 Å². The third kappa shape index (κ3) is 3.77. The summed E-state index contributed by atoms with van der Waals surface area (Å²) in [6.45, 7) is 4.56. The van der Waals surface area contributed by atoms with Crippen molar-refractivity contribution in [2.24, 2.45) is 0 Å². The number of benzene rings is 1. The van der Waals surface area contributed by atoms with Gasteiger partial charge in [-0.25, -0.2) is 0 Å². The molecule has 21 heavy (non-hydrogen) atoms. The second-order valence-electron chi connectivity index (χ2n) is 4.47. The van der Waals surface area contributed by atoms with E-state index in [2.05, 4.69) is 5.32 Å². The molecule has 0 unspecified atom stereocenters. The molecule has 0 aliphatic carbocycles. The molecule has 0 bridgehead atoms. The Bertz CT molecular complexity index is 624. The van der Waals surface area contributed by atoms with Crippen molar-refractivity contribution in [1.29, 1.82) is 0 Å². The Labute approximate surface area is 133 Å². The highest BCUT2D eigenvalue weighted by Crippen LogP contribution is 2.26. The van der Waals surface area contributed by atoms with Gasteiger partial charge in [-0.1, -0.05) is 6.92 Å². The van der Waals surface area contributed by atoms with Gasteiger partial charge in [0.15, 0.2) is 0 Å². The maximum Gasteiger partial charge on any atom is 0.266 e. The molecule has 5 heteroatoms. The van der Waals surface area contributed by atoms with Crippen LogP contribution < -0.4 is 10.1 Å². The Balaban J connectivity index is 2.18. The number of rotatable bonds is 6. The number of hydrogen-bond donors (Lipinski definition) is 1. The first-order valence-electron chi connectivity index (χ1n) is 6.89. The zero-order valence-corrected chi connectivity index (χ0v) is 13.7. The fourth-order valence-electron chi connectivity index (χ4n) is 2.06. The average Bonchev–Trinajstić information content (AvgIpc) is 2.97. The lowest BCUT2D eigenvalue weighted by molar-refractivity contribution is 0.103. The van der Waals surface area contributed by atoms with Crippen LogP contribution in [0.4, 0.5) is 5.69 Å². The van der Waals surface area contributed by atoms with E-state index >= 15 is 0 Å². The smallest absolute Gasteiger partial charge is 0.266 e. The number of aryl methyl sites for hydroxylation is 1. The third-order valence-corrected chi connectivity index (χ3v) is 4.34. The molecule has 0 aliphatic rings. The second kappa shape index (κ2) is 7.48. The van der Waals surface area contributed by atoms with E-state index in [4.69, 9.17) is 16.3 Å². The zero-order valence-electron chi connectivity index (χ0n) is 12.1. The maximum absolute atomic E-state index is 12.3. The molecule has 1 amide bonds. The highest BCUT2D eigenvalue weighted by Gasteiger charge is 2.13. The summed E-state index contributed by atoms with van der Waals surface area (Å²) < 4.78 is 5.50. The molecule has 1 heterocycles. The minimum Gasteiger partial charge on any atom is -0.494 e. The molecular formula is C16H18ClNO2S. The van der Waals surface area contributed by atoms with Crippen LogP contribution in [0.15, 0.2) is 29.6 Å². The minimum absolute atomic E-state index is 0.0773. The van der Waals surface area contributed by atoms with E-state index < -0.39 is 0 Å². The Hall–Kier alpha value is -1.52. The van der Waals surface area contributed by atoms with E-state index in [0.717, 1.165) is 33.9 Å². The van der Waals surface area contributed by atoms with Crippen LogP contribution in [-0.4, -0.2) is 12.5 Å². The van der Waals surface area contributed by atoms with E-state index in [1.165, 1.54) is 11.3 Å². The van der Waals surface area contributed by atoms with Crippen molar-refractivity contribution in [2.45, 2.75) is 26.1 Å². The third-order valence-electron chi connectivity index (χ3n) is 3.10. The lowest BCUT2D eigenvalue weighted by Gasteiger charge is -2.11. The quantitative estimate of drug-likeness (QED) is 0.782. The number of alkyl halides is 1. The van der Waals surface area contributed by atoms with E-state index in [9.17, 15) is 4.79 Å². The average molecular weight is 324 g/mol. The molecule has 0 spiro atoms. The van der Waals surface area contributed by atoms with Crippen LogP contribution in [0.5, 0.6) is 5.75 Å². The summed E-state index contributed by atoms with van der Waals surface area (Å²) >= 11 is 7.39. The molecule has 0 saturated carbocycles. The van der Waals surface area contributed by atoms with Gasteiger partial charge in [-0.05, 0) is 48.6 Å². The van der Waals surface area contributed by atoms with Crippen LogP contribution in [0.1, 0.15) is 34.6 Å². The number of carbonyl (C=O) groups is 1. The van der Waals surface area contributed by atoms with Crippen molar-refractivity contribution in [3.63, 3.8) is 0 Å². The lowest BCUT2D eigenvalue weighted by atomic mass is 10.1. The van der Waals surface area contributed by atoms with Gasteiger partial charge in [-0.3, -0.25) is 4.79 Å². The fourth-order valence-corrected chi connectivity index (χ4v) is 3.16. The predicted octanol–water partition coefficient (Wildman–Crippen LogP) is 4.70. The van der Waals surface area contributed by atoms with Gasteiger partial charge in [0.2, 0.25) is 0 Å². The van der Waals surface area contributed by atoms with Gasteiger partial charge in [-0.15, -0.1) is 22.9 Å². The van der Waals surface area contributed by atoms with Crippen molar-refractivity contribution >= 4 is 34.5 Å². The van der Waals surface area contributed by atoms with Crippen molar-refractivity contribution < 1.29 is 9.53 Å². The van der Waals surface area contributed by atoms with Gasteiger partial charge in [0, 0.05) is 11.3 Å². The van der Waals surface area contributed by atoms with Crippen molar-refractivity contribution in [2.75, 3.05) is 11.9 Å². The molecule has 2 aromatic rings.